The number of hydrogen-bond donors (Lipinski definition) is 1. The molecule has 1 amide bonds. The Balaban J connectivity index is 2.93. The number of aliphatic imine (C=N–C) groups is 1. The van der Waals surface area contributed by atoms with Gasteiger partial charge in [0.15, 0.2) is 0 Å². The summed E-state index contributed by atoms with van der Waals surface area (Å²) < 4.78 is 4.78. The fraction of sp³-hybridized carbons (Fsp3) is 0.385. The van der Waals surface area contributed by atoms with E-state index in [4.69, 9.17) is 4.74 Å². The number of carbonyl (C=O) groups excluding carboxylic acids is 1. The lowest BCUT2D eigenvalue weighted by molar-refractivity contribution is -0.119. The maximum atomic E-state index is 11.5. The number of para-hydroxylation sites is 2. The van der Waals surface area contributed by atoms with Crippen LogP contribution in [0.5, 0.6) is 0 Å². The largest absolute Gasteiger partial charge is 0.375 e. The Bertz CT molecular complexity index is 442. The van der Waals surface area contributed by atoms with Gasteiger partial charge in [-0.1, -0.05) is 12.1 Å². The molecule has 0 radical (unpaired) electrons. The summed E-state index contributed by atoms with van der Waals surface area (Å²) in [5.74, 6) is 0.672. The van der Waals surface area contributed by atoms with Gasteiger partial charge in [-0.15, -0.1) is 0 Å². The number of carbonyl (C=O) groups is 1. The summed E-state index contributed by atoms with van der Waals surface area (Å²) in [5, 5.41) is 2.77. The summed E-state index contributed by atoms with van der Waals surface area (Å²) in [6, 6.07) is 7.41. The van der Waals surface area contributed by atoms with Crippen LogP contribution in [0.3, 0.4) is 0 Å². The van der Waals surface area contributed by atoms with Crippen molar-refractivity contribution in [1.29, 1.82) is 0 Å². The summed E-state index contributed by atoms with van der Waals surface area (Å²) in [6.45, 7) is 1.94. The Morgan fingerprint density at radius 2 is 2.06 bits per heavy atom. The molecule has 98 valence electrons. The average Bonchev–Trinajstić information content (AvgIpc) is 2.31. The van der Waals surface area contributed by atoms with Crippen LogP contribution in [-0.2, 0) is 9.53 Å². The van der Waals surface area contributed by atoms with Gasteiger partial charge in [-0.2, -0.15) is 0 Å². The normalized spacial score (nSPS) is 11.2. The minimum atomic E-state index is -0.192. The van der Waals surface area contributed by atoms with Gasteiger partial charge in [0, 0.05) is 21.2 Å². The zero-order valence-corrected chi connectivity index (χ0v) is 11.2. The molecule has 0 saturated heterocycles. The molecule has 0 bridgehead atoms. The van der Waals surface area contributed by atoms with Crippen LogP contribution in [0.25, 0.3) is 0 Å². The van der Waals surface area contributed by atoms with Gasteiger partial charge in [0.1, 0.15) is 12.4 Å². The number of methoxy groups -OCH3 is 1. The van der Waals surface area contributed by atoms with E-state index in [1.54, 1.807) is 0 Å². The van der Waals surface area contributed by atoms with Crippen LogP contribution in [0.2, 0.25) is 0 Å². The van der Waals surface area contributed by atoms with Crippen molar-refractivity contribution in [1.82, 2.24) is 4.90 Å². The second-order valence-corrected chi connectivity index (χ2v) is 4.05. The van der Waals surface area contributed by atoms with Crippen LogP contribution in [-0.4, -0.2) is 44.5 Å². The first-order chi connectivity index (χ1) is 8.54. The van der Waals surface area contributed by atoms with Gasteiger partial charge in [0.2, 0.25) is 5.91 Å². The fourth-order valence-electron chi connectivity index (χ4n) is 1.27. The molecular weight excluding hydrogens is 230 g/mol. The van der Waals surface area contributed by atoms with Crippen molar-refractivity contribution < 1.29 is 9.53 Å². The molecule has 0 atom stereocenters. The zero-order valence-electron chi connectivity index (χ0n) is 11.2. The topological polar surface area (TPSA) is 53.9 Å². The summed E-state index contributed by atoms with van der Waals surface area (Å²) in [6.07, 6.45) is 0. The molecule has 1 aromatic rings. The van der Waals surface area contributed by atoms with Crippen LogP contribution < -0.4 is 5.32 Å². The number of nitrogens with one attached hydrogen (secondary N) is 1. The highest BCUT2D eigenvalue weighted by Crippen LogP contribution is 2.24. The molecule has 1 N–H and O–H groups in total. The van der Waals surface area contributed by atoms with Crippen LogP contribution in [0, 0.1) is 0 Å². The highest BCUT2D eigenvalue weighted by molar-refractivity contribution is 5.95. The van der Waals surface area contributed by atoms with Crippen LogP contribution in [0.15, 0.2) is 29.3 Å². The van der Waals surface area contributed by atoms with Crippen LogP contribution >= 0.6 is 0 Å². The number of hydrogen-bond acceptors (Lipinski definition) is 3. The lowest BCUT2D eigenvalue weighted by Crippen LogP contribution is -2.19. The molecule has 1 rings (SSSR count). The van der Waals surface area contributed by atoms with E-state index >= 15 is 0 Å². The molecule has 0 aromatic heterocycles. The third-order valence-electron chi connectivity index (χ3n) is 2.38. The predicted octanol–water partition coefficient (Wildman–Crippen LogP) is 1.88. The minimum Gasteiger partial charge on any atom is -0.375 e. The van der Waals surface area contributed by atoms with Gasteiger partial charge >= 0.3 is 0 Å². The monoisotopic (exact) mass is 249 g/mol. The number of amidine groups is 1. The van der Waals surface area contributed by atoms with Gasteiger partial charge < -0.3 is 15.0 Å². The summed E-state index contributed by atoms with van der Waals surface area (Å²) in [7, 11) is 5.33. The van der Waals surface area contributed by atoms with E-state index in [9.17, 15) is 4.79 Å². The van der Waals surface area contributed by atoms with Gasteiger partial charge in [0.05, 0.1) is 11.4 Å². The number of anilines is 1. The van der Waals surface area contributed by atoms with Crippen LogP contribution in [0.4, 0.5) is 11.4 Å². The zero-order chi connectivity index (χ0) is 13.5. The molecule has 0 unspecified atom stereocenters. The number of ether oxygens (including phenoxy) is 1. The van der Waals surface area contributed by atoms with E-state index in [0.29, 0.717) is 5.69 Å². The highest BCUT2D eigenvalue weighted by atomic mass is 16.5. The van der Waals surface area contributed by atoms with E-state index in [-0.39, 0.29) is 12.5 Å². The van der Waals surface area contributed by atoms with E-state index < -0.39 is 0 Å². The van der Waals surface area contributed by atoms with Crippen molar-refractivity contribution in [3.05, 3.63) is 24.3 Å². The lowest BCUT2D eigenvalue weighted by Gasteiger charge is -2.13. The van der Waals surface area contributed by atoms with E-state index in [1.165, 1.54) is 7.11 Å². The molecule has 0 aliphatic heterocycles. The van der Waals surface area contributed by atoms with Gasteiger partial charge in [-0.25, -0.2) is 4.99 Å². The SMILES string of the molecule is COCC(=O)Nc1ccccc1N=C(C)N(C)C. The van der Waals surface area contributed by atoms with E-state index in [0.717, 1.165) is 11.5 Å². The maximum Gasteiger partial charge on any atom is 0.250 e. The highest BCUT2D eigenvalue weighted by Gasteiger charge is 2.06. The van der Waals surface area contributed by atoms with Crippen molar-refractivity contribution in [2.75, 3.05) is 33.1 Å². The molecule has 5 heteroatoms. The van der Waals surface area contributed by atoms with Crippen molar-refractivity contribution in [3.8, 4) is 0 Å². The minimum absolute atomic E-state index is 0.0325. The number of nitrogens with zero attached hydrogens (tertiary/aromatic N) is 2. The molecule has 0 aliphatic rings. The molecule has 18 heavy (non-hydrogen) atoms. The average molecular weight is 249 g/mol. The van der Waals surface area contributed by atoms with Crippen molar-refractivity contribution in [3.63, 3.8) is 0 Å². The van der Waals surface area contributed by atoms with Gasteiger partial charge in [-0.05, 0) is 19.1 Å². The molecule has 0 heterocycles. The lowest BCUT2D eigenvalue weighted by atomic mass is 10.2. The third-order valence-corrected chi connectivity index (χ3v) is 2.38. The molecule has 0 saturated carbocycles. The van der Waals surface area contributed by atoms with Crippen molar-refractivity contribution in [2.45, 2.75) is 6.92 Å². The fourth-order valence-corrected chi connectivity index (χ4v) is 1.27. The van der Waals surface area contributed by atoms with Crippen molar-refractivity contribution >= 4 is 23.1 Å². The molecule has 1 aromatic carbocycles. The molecule has 5 nitrogen and oxygen atoms in total. The predicted molar refractivity (Wildman–Crippen MR) is 73.4 cm³/mol. The number of benzene rings is 1. The van der Waals surface area contributed by atoms with E-state index in [1.807, 2.05) is 50.2 Å². The molecular formula is C13H19N3O2. The Morgan fingerprint density at radius 3 is 2.67 bits per heavy atom. The summed E-state index contributed by atoms with van der Waals surface area (Å²) >= 11 is 0. The van der Waals surface area contributed by atoms with Gasteiger partial charge in [-0.3, -0.25) is 4.79 Å². The molecule has 0 fully saturated rings. The summed E-state index contributed by atoms with van der Waals surface area (Å²) in [5.41, 5.74) is 1.41. The quantitative estimate of drug-likeness (QED) is 0.655. The Kier molecular flexibility index (Phi) is 5.32. The first-order valence-corrected chi connectivity index (χ1v) is 5.65. The Labute approximate surface area is 107 Å². The van der Waals surface area contributed by atoms with E-state index in [2.05, 4.69) is 10.3 Å². The molecule has 0 spiro atoms. The first-order valence-electron chi connectivity index (χ1n) is 5.65. The van der Waals surface area contributed by atoms with Crippen LogP contribution in [0.1, 0.15) is 6.92 Å². The molecule has 0 aliphatic carbocycles. The number of rotatable bonds is 4. The Morgan fingerprint density at radius 1 is 1.39 bits per heavy atom. The second kappa shape index (κ2) is 6.76. The van der Waals surface area contributed by atoms with Crippen molar-refractivity contribution in [2.24, 2.45) is 4.99 Å². The smallest absolute Gasteiger partial charge is 0.250 e. The maximum absolute atomic E-state index is 11.5. The van der Waals surface area contributed by atoms with Gasteiger partial charge in [0.25, 0.3) is 0 Å². The second-order valence-electron chi connectivity index (χ2n) is 4.05. The first kappa shape index (κ1) is 14.2. The standard InChI is InChI=1S/C13H19N3O2/c1-10(16(2)3)14-11-7-5-6-8-12(11)15-13(17)9-18-4/h5-8H,9H2,1-4H3,(H,15,17). The summed E-state index contributed by atoms with van der Waals surface area (Å²) in [4.78, 5) is 17.9. The third kappa shape index (κ3) is 4.18. The Hall–Kier alpha value is -1.88. The number of amides is 1.